The summed E-state index contributed by atoms with van der Waals surface area (Å²) in [5.74, 6) is 1.72. The van der Waals surface area contributed by atoms with E-state index in [1.54, 1.807) is 23.1 Å². The first-order valence-corrected chi connectivity index (χ1v) is 11.8. The Kier molecular flexibility index (Phi) is 6.64. The summed E-state index contributed by atoms with van der Waals surface area (Å²) < 4.78 is 51.6. The van der Waals surface area contributed by atoms with Crippen molar-refractivity contribution in [2.75, 3.05) is 33.3 Å². The molecule has 3 aromatic rings. The molecule has 1 fully saturated rings. The molecule has 1 N–H and O–H groups in total. The lowest BCUT2D eigenvalue weighted by molar-refractivity contribution is -0.137. The minimum absolute atomic E-state index is 0.0861. The topological polar surface area (TPSA) is 66.4 Å². The van der Waals surface area contributed by atoms with E-state index in [1.165, 1.54) is 13.2 Å². The SMILES string of the molecule is COc1ccc2c(c1)C(N1CCN(C(=O)NCc3ccccc3)CC1)=Nc1cc(C(F)(F)F)ccc1O2. The van der Waals surface area contributed by atoms with E-state index >= 15 is 0 Å². The number of ether oxygens (including phenoxy) is 2. The Labute approximate surface area is 212 Å². The maximum absolute atomic E-state index is 13.4. The van der Waals surface area contributed by atoms with E-state index in [4.69, 9.17) is 9.47 Å². The van der Waals surface area contributed by atoms with E-state index in [1.807, 2.05) is 35.2 Å². The number of carbonyl (C=O) groups is 1. The lowest BCUT2D eigenvalue weighted by Gasteiger charge is -2.36. The molecule has 2 aliphatic rings. The Bertz CT molecular complexity index is 1320. The molecule has 2 heterocycles. The molecule has 1 saturated heterocycles. The number of methoxy groups -OCH3 is 1. The number of urea groups is 1. The van der Waals surface area contributed by atoms with Gasteiger partial charge in [0.2, 0.25) is 0 Å². The fourth-order valence-electron chi connectivity index (χ4n) is 4.31. The molecule has 2 aliphatic heterocycles. The molecule has 0 spiro atoms. The first kappa shape index (κ1) is 24.5. The van der Waals surface area contributed by atoms with Gasteiger partial charge in [-0.05, 0) is 42.0 Å². The summed E-state index contributed by atoms with van der Waals surface area (Å²) in [4.78, 5) is 21.0. The van der Waals surface area contributed by atoms with Gasteiger partial charge in [0.1, 0.15) is 23.0 Å². The molecule has 0 saturated carbocycles. The molecule has 10 heteroatoms. The standard InChI is InChI=1S/C27H25F3N4O3/c1-36-20-8-10-23-21(16-20)25(32-22-15-19(27(28,29)30)7-9-24(22)37-23)33-11-13-34(14-12-33)26(35)31-17-18-5-3-2-4-6-18/h2-10,15-16H,11-14,17H2,1H3,(H,31,35). The van der Waals surface area contributed by atoms with E-state index in [2.05, 4.69) is 10.3 Å². The van der Waals surface area contributed by atoms with Gasteiger partial charge in [-0.25, -0.2) is 9.79 Å². The Morgan fingerprint density at radius 3 is 2.43 bits per heavy atom. The van der Waals surface area contributed by atoms with Crippen LogP contribution in [0.25, 0.3) is 0 Å². The normalized spacial score (nSPS) is 15.1. The number of rotatable bonds is 3. The predicted molar refractivity (Wildman–Crippen MR) is 133 cm³/mol. The number of halogens is 3. The van der Waals surface area contributed by atoms with Gasteiger partial charge in [0.25, 0.3) is 0 Å². The third-order valence-corrected chi connectivity index (χ3v) is 6.31. The lowest BCUT2D eigenvalue weighted by Crippen LogP contribution is -2.53. The number of amidine groups is 1. The Hall–Kier alpha value is -4.21. The van der Waals surface area contributed by atoms with Crippen LogP contribution in [0.15, 0.2) is 71.7 Å². The molecular formula is C27H25F3N4O3. The van der Waals surface area contributed by atoms with Crippen molar-refractivity contribution < 1.29 is 27.4 Å². The molecule has 2 amide bonds. The van der Waals surface area contributed by atoms with Gasteiger partial charge in [-0.3, -0.25) is 0 Å². The van der Waals surface area contributed by atoms with Crippen LogP contribution in [-0.4, -0.2) is 55.0 Å². The molecule has 0 radical (unpaired) electrons. The van der Waals surface area contributed by atoms with Crippen molar-refractivity contribution in [3.8, 4) is 17.2 Å². The number of fused-ring (bicyclic) bond motifs is 2. The highest BCUT2D eigenvalue weighted by Crippen LogP contribution is 2.42. The number of aliphatic imine (C=N–C) groups is 1. The van der Waals surface area contributed by atoms with Crippen LogP contribution in [0.1, 0.15) is 16.7 Å². The number of piperazine rings is 1. The highest BCUT2D eigenvalue weighted by atomic mass is 19.4. The van der Waals surface area contributed by atoms with Gasteiger partial charge in [-0.2, -0.15) is 13.2 Å². The minimum atomic E-state index is -4.51. The van der Waals surface area contributed by atoms with Crippen LogP contribution in [0.3, 0.4) is 0 Å². The summed E-state index contributed by atoms with van der Waals surface area (Å²) in [5, 5.41) is 2.93. The number of carbonyl (C=O) groups excluding carboxylic acids is 1. The van der Waals surface area contributed by atoms with Gasteiger partial charge in [-0.1, -0.05) is 30.3 Å². The summed E-state index contributed by atoms with van der Waals surface area (Å²) in [6.07, 6.45) is -4.51. The van der Waals surface area contributed by atoms with Crippen molar-refractivity contribution in [1.29, 1.82) is 0 Å². The largest absolute Gasteiger partial charge is 0.497 e. The van der Waals surface area contributed by atoms with Crippen molar-refractivity contribution in [2.45, 2.75) is 12.7 Å². The molecule has 7 nitrogen and oxygen atoms in total. The van der Waals surface area contributed by atoms with Crippen LogP contribution in [-0.2, 0) is 12.7 Å². The van der Waals surface area contributed by atoms with Crippen molar-refractivity contribution in [1.82, 2.24) is 15.1 Å². The maximum Gasteiger partial charge on any atom is 0.416 e. The van der Waals surface area contributed by atoms with Gasteiger partial charge in [-0.15, -0.1) is 0 Å². The van der Waals surface area contributed by atoms with E-state index < -0.39 is 11.7 Å². The van der Waals surface area contributed by atoms with Crippen LogP contribution in [0, 0.1) is 0 Å². The Morgan fingerprint density at radius 2 is 1.73 bits per heavy atom. The molecule has 0 bridgehead atoms. The van der Waals surface area contributed by atoms with Gasteiger partial charge >= 0.3 is 12.2 Å². The fourth-order valence-corrected chi connectivity index (χ4v) is 4.31. The number of alkyl halides is 3. The van der Waals surface area contributed by atoms with Gasteiger partial charge in [0.15, 0.2) is 5.75 Å². The molecule has 5 rings (SSSR count). The van der Waals surface area contributed by atoms with Crippen molar-refractivity contribution in [2.24, 2.45) is 4.99 Å². The molecule has 3 aromatic carbocycles. The van der Waals surface area contributed by atoms with E-state index in [9.17, 15) is 18.0 Å². The molecule has 0 unspecified atom stereocenters. The van der Waals surface area contributed by atoms with Gasteiger partial charge < -0.3 is 24.6 Å². The summed E-state index contributed by atoms with van der Waals surface area (Å²) in [6, 6.07) is 17.9. The second-order valence-corrected chi connectivity index (χ2v) is 8.70. The third-order valence-electron chi connectivity index (χ3n) is 6.31. The van der Waals surface area contributed by atoms with Crippen molar-refractivity contribution in [3.05, 3.63) is 83.4 Å². The van der Waals surface area contributed by atoms with E-state index in [-0.39, 0.29) is 17.5 Å². The number of hydrogen-bond donors (Lipinski definition) is 1. The van der Waals surface area contributed by atoms with Gasteiger partial charge in [0, 0.05) is 32.7 Å². The summed E-state index contributed by atoms with van der Waals surface area (Å²) >= 11 is 0. The Balaban J connectivity index is 1.39. The van der Waals surface area contributed by atoms with E-state index in [0.717, 1.165) is 17.7 Å². The smallest absolute Gasteiger partial charge is 0.416 e. The monoisotopic (exact) mass is 510 g/mol. The second-order valence-electron chi connectivity index (χ2n) is 8.70. The average Bonchev–Trinajstić information content (AvgIpc) is 3.07. The quantitative estimate of drug-likeness (QED) is 0.511. The summed E-state index contributed by atoms with van der Waals surface area (Å²) in [7, 11) is 1.54. The lowest BCUT2D eigenvalue weighted by atomic mass is 10.1. The highest BCUT2D eigenvalue weighted by molar-refractivity contribution is 6.04. The van der Waals surface area contributed by atoms with E-state index in [0.29, 0.717) is 55.6 Å². The first-order valence-electron chi connectivity index (χ1n) is 11.8. The number of benzene rings is 3. The van der Waals surface area contributed by atoms with Crippen molar-refractivity contribution >= 4 is 17.6 Å². The number of hydrogen-bond acceptors (Lipinski definition) is 5. The van der Waals surface area contributed by atoms with Gasteiger partial charge in [0.05, 0.1) is 18.2 Å². The minimum Gasteiger partial charge on any atom is -0.497 e. The highest BCUT2D eigenvalue weighted by Gasteiger charge is 2.33. The molecule has 0 atom stereocenters. The third kappa shape index (κ3) is 5.32. The molecule has 0 aromatic heterocycles. The number of nitrogens with one attached hydrogen (secondary N) is 1. The predicted octanol–water partition coefficient (Wildman–Crippen LogP) is 5.43. The zero-order chi connectivity index (χ0) is 26.0. The average molecular weight is 511 g/mol. The first-order chi connectivity index (χ1) is 17.8. The zero-order valence-corrected chi connectivity index (χ0v) is 20.1. The van der Waals surface area contributed by atoms with Crippen LogP contribution in [0.4, 0.5) is 23.7 Å². The van der Waals surface area contributed by atoms with Crippen LogP contribution in [0.2, 0.25) is 0 Å². The number of amides is 2. The van der Waals surface area contributed by atoms with Crippen LogP contribution < -0.4 is 14.8 Å². The molecular weight excluding hydrogens is 485 g/mol. The van der Waals surface area contributed by atoms with Crippen LogP contribution in [0.5, 0.6) is 17.2 Å². The second kappa shape index (κ2) is 10.0. The van der Waals surface area contributed by atoms with Crippen molar-refractivity contribution in [3.63, 3.8) is 0 Å². The molecule has 37 heavy (non-hydrogen) atoms. The molecule has 0 aliphatic carbocycles. The number of nitrogens with zero attached hydrogens (tertiary/aromatic N) is 3. The summed E-state index contributed by atoms with van der Waals surface area (Å²) in [6.45, 7) is 2.17. The molecule has 192 valence electrons. The van der Waals surface area contributed by atoms with Crippen LogP contribution >= 0.6 is 0 Å². The Morgan fingerprint density at radius 1 is 1.00 bits per heavy atom. The fraction of sp³-hybridized carbons (Fsp3) is 0.259. The zero-order valence-electron chi connectivity index (χ0n) is 20.1. The maximum atomic E-state index is 13.4. The summed E-state index contributed by atoms with van der Waals surface area (Å²) in [5.41, 5.74) is 0.889.